The van der Waals surface area contributed by atoms with E-state index in [1.165, 1.54) is 4.31 Å². The van der Waals surface area contributed by atoms with Gasteiger partial charge >= 0.3 is 0 Å². The molecule has 0 fully saturated rings. The van der Waals surface area contributed by atoms with Crippen LogP contribution in [-0.4, -0.2) is 20.7 Å². The number of para-hydroxylation sites is 1. The molecule has 0 saturated carbocycles. The molecule has 1 aromatic carbocycles. The third-order valence-electron chi connectivity index (χ3n) is 2.84. The van der Waals surface area contributed by atoms with E-state index < -0.39 is 10.0 Å². The fourth-order valence-electron chi connectivity index (χ4n) is 2.00. The number of thioether (sulfide) groups is 1. The minimum Gasteiger partial charge on any atom is -0.264 e. The van der Waals surface area contributed by atoms with Crippen LogP contribution in [0.2, 0.25) is 4.34 Å². The second kappa shape index (κ2) is 5.53. The van der Waals surface area contributed by atoms with Gasteiger partial charge in [0.1, 0.15) is 0 Å². The van der Waals surface area contributed by atoms with Gasteiger partial charge in [-0.25, -0.2) is 8.42 Å². The lowest BCUT2D eigenvalue weighted by Gasteiger charge is -2.29. The largest absolute Gasteiger partial charge is 0.275 e. The first kappa shape index (κ1) is 14.7. The van der Waals surface area contributed by atoms with Gasteiger partial charge in [-0.2, -0.15) is 0 Å². The maximum Gasteiger partial charge on any atom is 0.275 e. The second-order valence-corrected chi connectivity index (χ2v) is 9.81. The zero-order valence-electron chi connectivity index (χ0n) is 10.0. The quantitative estimate of drug-likeness (QED) is 0.733. The Balaban J connectivity index is 2.12. The number of benzene rings is 1. The van der Waals surface area contributed by atoms with Gasteiger partial charge in [-0.05, 0) is 34.1 Å². The molecule has 0 atom stereocenters. The van der Waals surface area contributed by atoms with Crippen LogP contribution in [0.15, 0.2) is 43.9 Å². The average Bonchev–Trinajstić information content (AvgIpc) is 2.78. The highest BCUT2D eigenvalue weighted by atomic mass is 79.9. The number of anilines is 1. The van der Waals surface area contributed by atoms with E-state index in [0.29, 0.717) is 15.4 Å². The van der Waals surface area contributed by atoms with E-state index >= 15 is 0 Å². The van der Waals surface area contributed by atoms with E-state index in [9.17, 15) is 8.42 Å². The van der Waals surface area contributed by atoms with Gasteiger partial charge in [0, 0.05) is 17.2 Å². The first-order valence-electron chi connectivity index (χ1n) is 5.69. The zero-order valence-corrected chi connectivity index (χ0v) is 14.8. The molecule has 0 N–H and O–H groups in total. The molecule has 0 amide bonds. The van der Waals surface area contributed by atoms with Crippen LogP contribution in [0.4, 0.5) is 5.69 Å². The molecule has 1 aliphatic heterocycles. The number of rotatable bonds is 2. The van der Waals surface area contributed by atoms with E-state index in [1.54, 1.807) is 17.8 Å². The number of thiophene rings is 1. The highest BCUT2D eigenvalue weighted by Crippen LogP contribution is 2.41. The van der Waals surface area contributed by atoms with Gasteiger partial charge < -0.3 is 0 Å². The molecule has 0 unspecified atom stereocenters. The Labute approximate surface area is 139 Å². The van der Waals surface area contributed by atoms with E-state index in [2.05, 4.69) is 15.9 Å². The molecule has 3 nitrogen and oxygen atoms in total. The Morgan fingerprint density at radius 2 is 2.05 bits per heavy atom. The third kappa shape index (κ3) is 2.50. The molecular formula is C12H9BrClNO2S3. The molecule has 0 radical (unpaired) electrons. The molecule has 1 aliphatic rings. The van der Waals surface area contributed by atoms with Crippen LogP contribution in [0.1, 0.15) is 0 Å². The molecule has 20 heavy (non-hydrogen) atoms. The van der Waals surface area contributed by atoms with Crippen LogP contribution in [-0.2, 0) is 10.0 Å². The van der Waals surface area contributed by atoms with Crippen molar-refractivity contribution < 1.29 is 8.42 Å². The fourth-order valence-corrected chi connectivity index (χ4v) is 7.74. The molecule has 3 rings (SSSR count). The van der Waals surface area contributed by atoms with Gasteiger partial charge in [0.05, 0.1) is 14.5 Å². The Morgan fingerprint density at radius 3 is 2.75 bits per heavy atom. The third-order valence-corrected chi connectivity index (χ3v) is 8.62. The molecule has 106 valence electrons. The van der Waals surface area contributed by atoms with Crippen LogP contribution >= 0.6 is 50.6 Å². The molecule has 1 aromatic heterocycles. The van der Waals surface area contributed by atoms with Crippen molar-refractivity contribution in [3.8, 4) is 0 Å². The Morgan fingerprint density at radius 1 is 1.30 bits per heavy atom. The first-order valence-corrected chi connectivity index (χ1v) is 10.1. The average molecular weight is 411 g/mol. The van der Waals surface area contributed by atoms with Gasteiger partial charge in [0.25, 0.3) is 10.0 Å². The summed E-state index contributed by atoms with van der Waals surface area (Å²) in [4.78, 5) is 0.987. The standard InChI is InChI=1S/C12H9BrClNO2S3/c13-8-7-11(14)19-12(8)20(16,17)15-5-6-18-10-4-2-1-3-9(10)15/h1-4,7H,5-6H2. The van der Waals surface area contributed by atoms with Crippen LogP contribution in [0.25, 0.3) is 0 Å². The van der Waals surface area contributed by atoms with Crippen molar-refractivity contribution in [2.24, 2.45) is 0 Å². The molecule has 2 heterocycles. The summed E-state index contributed by atoms with van der Waals surface area (Å²) in [7, 11) is -3.58. The minimum atomic E-state index is -3.58. The molecule has 0 aliphatic carbocycles. The fraction of sp³-hybridized carbons (Fsp3) is 0.167. The van der Waals surface area contributed by atoms with E-state index in [-0.39, 0.29) is 4.21 Å². The topological polar surface area (TPSA) is 37.4 Å². The normalized spacial score (nSPS) is 15.2. The number of sulfonamides is 1. The lowest BCUT2D eigenvalue weighted by atomic mass is 10.3. The van der Waals surface area contributed by atoms with Crippen molar-refractivity contribution in [2.75, 3.05) is 16.6 Å². The molecular weight excluding hydrogens is 402 g/mol. The smallest absolute Gasteiger partial charge is 0.264 e. The van der Waals surface area contributed by atoms with Crippen LogP contribution in [0.5, 0.6) is 0 Å². The summed E-state index contributed by atoms with van der Waals surface area (Å²) in [6, 6.07) is 9.16. The molecule has 8 heteroatoms. The zero-order chi connectivity index (χ0) is 14.3. The summed E-state index contributed by atoms with van der Waals surface area (Å²) in [5.41, 5.74) is 0.736. The second-order valence-electron chi connectivity index (χ2n) is 4.08. The predicted octanol–water partition coefficient (Wildman–Crippen LogP) is 4.47. The van der Waals surface area contributed by atoms with Crippen molar-refractivity contribution >= 4 is 66.3 Å². The van der Waals surface area contributed by atoms with Crippen molar-refractivity contribution in [3.63, 3.8) is 0 Å². The summed E-state index contributed by atoms with van der Waals surface area (Å²) in [6.07, 6.45) is 0. The van der Waals surface area contributed by atoms with Gasteiger partial charge in [-0.15, -0.1) is 23.1 Å². The summed E-state index contributed by atoms with van der Waals surface area (Å²) < 4.78 is 28.3. The Hall–Kier alpha value is -0.210. The maximum absolute atomic E-state index is 12.8. The van der Waals surface area contributed by atoms with Gasteiger partial charge in [-0.3, -0.25) is 4.31 Å². The minimum absolute atomic E-state index is 0.254. The lowest BCUT2D eigenvalue weighted by molar-refractivity contribution is 0.593. The van der Waals surface area contributed by atoms with E-state index in [4.69, 9.17) is 11.6 Å². The Kier molecular flexibility index (Phi) is 4.07. The van der Waals surface area contributed by atoms with Gasteiger partial charge in [0.15, 0.2) is 4.21 Å². The van der Waals surface area contributed by atoms with E-state index in [0.717, 1.165) is 27.7 Å². The number of fused-ring (bicyclic) bond motifs is 1. The summed E-state index contributed by atoms with van der Waals surface area (Å²) in [6.45, 7) is 0.464. The van der Waals surface area contributed by atoms with Gasteiger partial charge in [-0.1, -0.05) is 23.7 Å². The van der Waals surface area contributed by atoms with E-state index in [1.807, 2.05) is 24.3 Å². The molecule has 0 bridgehead atoms. The number of hydrogen-bond acceptors (Lipinski definition) is 4. The van der Waals surface area contributed by atoms with Crippen molar-refractivity contribution in [1.29, 1.82) is 0 Å². The summed E-state index contributed by atoms with van der Waals surface area (Å²) in [5, 5.41) is 0. The molecule has 2 aromatic rings. The SMILES string of the molecule is O=S(=O)(c1sc(Cl)cc1Br)N1CCSc2ccccc21. The first-order chi connectivity index (χ1) is 9.50. The van der Waals surface area contributed by atoms with Crippen molar-refractivity contribution in [2.45, 2.75) is 9.10 Å². The van der Waals surface area contributed by atoms with Crippen LogP contribution in [0.3, 0.4) is 0 Å². The number of hydrogen-bond donors (Lipinski definition) is 0. The monoisotopic (exact) mass is 409 g/mol. The lowest BCUT2D eigenvalue weighted by Crippen LogP contribution is -2.35. The van der Waals surface area contributed by atoms with Crippen LogP contribution < -0.4 is 4.31 Å². The Bertz CT molecular complexity index is 760. The van der Waals surface area contributed by atoms with Crippen molar-refractivity contribution in [1.82, 2.24) is 0 Å². The predicted molar refractivity (Wildman–Crippen MR) is 88.7 cm³/mol. The summed E-state index contributed by atoms with van der Waals surface area (Å²) >= 11 is 11.9. The maximum atomic E-state index is 12.8. The van der Waals surface area contributed by atoms with Crippen LogP contribution in [0, 0.1) is 0 Å². The number of halogens is 2. The molecule has 0 saturated heterocycles. The highest BCUT2D eigenvalue weighted by Gasteiger charge is 2.32. The molecule has 0 spiro atoms. The highest BCUT2D eigenvalue weighted by molar-refractivity contribution is 9.10. The van der Waals surface area contributed by atoms with Gasteiger partial charge in [0.2, 0.25) is 0 Å². The number of nitrogens with zero attached hydrogens (tertiary/aromatic N) is 1. The van der Waals surface area contributed by atoms with Crippen molar-refractivity contribution in [3.05, 3.63) is 39.1 Å². The summed E-state index contributed by atoms with van der Waals surface area (Å²) in [5.74, 6) is 0.743.